The molecule has 96 valence electrons. The molecule has 0 aliphatic carbocycles. The molecule has 2 heterocycles. The van der Waals surface area contributed by atoms with E-state index in [0.29, 0.717) is 5.41 Å². The van der Waals surface area contributed by atoms with Gasteiger partial charge in [0.1, 0.15) is 5.82 Å². The molecule has 1 aromatic heterocycles. The molecule has 0 radical (unpaired) electrons. The summed E-state index contributed by atoms with van der Waals surface area (Å²) in [7, 11) is 1.98. The maximum atomic E-state index is 6.13. The third kappa shape index (κ3) is 2.40. The largest absolute Gasteiger partial charge is 0.394 e. The summed E-state index contributed by atoms with van der Waals surface area (Å²) in [6.45, 7) is 8.85. The number of nitrogen functional groups attached to an aromatic ring is 1. The molecule has 0 unspecified atom stereocenters. The third-order valence-corrected chi connectivity index (χ3v) is 3.88. The molecule has 1 aliphatic heterocycles. The number of aryl methyl sites for hydroxylation is 2. The molecule has 0 amide bonds. The summed E-state index contributed by atoms with van der Waals surface area (Å²) in [5, 5.41) is 4.40. The van der Waals surface area contributed by atoms with Crippen LogP contribution in [0.2, 0.25) is 0 Å². The minimum Gasteiger partial charge on any atom is -0.394 e. The van der Waals surface area contributed by atoms with Gasteiger partial charge < -0.3 is 10.6 Å². The second-order valence-electron chi connectivity index (χ2n) is 5.95. The molecule has 0 atom stereocenters. The topological polar surface area (TPSA) is 47.1 Å². The predicted molar refractivity (Wildman–Crippen MR) is 72.2 cm³/mol. The lowest BCUT2D eigenvalue weighted by Gasteiger charge is -2.25. The lowest BCUT2D eigenvalue weighted by Crippen LogP contribution is -2.27. The van der Waals surface area contributed by atoms with Crippen LogP contribution in [-0.4, -0.2) is 22.9 Å². The summed E-state index contributed by atoms with van der Waals surface area (Å²) < 4.78 is 1.92. The summed E-state index contributed by atoms with van der Waals surface area (Å²) in [5.74, 6) is 1.10. The minimum atomic E-state index is 0.456. The van der Waals surface area contributed by atoms with Crippen LogP contribution in [-0.2, 0) is 7.05 Å². The van der Waals surface area contributed by atoms with Gasteiger partial charge in [-0.15, -0.1) is 0 Å². The molecule has 4 nitrogen and oxygen atoms in total. The lowest BCUT2D eigenvalue weighted by molar-refractivity contribution is 0.325. The van der Waals surface area contributed by atoms with Crippen LogP contribution in [0.3, 0.4) is 0 Å². The monoisotopic (exact) mass is 236 g/mol. The summed E-state index contributed by atoms with van der Waals surface area (Å²) in [5.41, 5.74) is 8.36. The maximum absolute atomic E-state index is 6.13. The Kier molecular flexibility index (Phi) is 3.06. The van der Waals surface area contributed by atoms with Crippen molar-refractivity contribution in [2.45, 2.75) is 40.0 Å². The Morgan fingerprint density at radius 3 is 2.53 bits per heavy atom. The van der Waals surface area contributed by atoms with E-state index in [-0.39, 0.29) is 0 Å². The normalized spacial score (nSPS) is 20.4. The first kappa shape index (κ1) is 12.3. The van der Waals surface area contributed by atoms with Crippen LogP contribution in [0.4, 0.5) is 11.5 Å². The molecule has 1 saturated heterocycles. The van der Waals surface area contributed by atoms with Crippen LogP contribution in [0.25, 0.3) is 0 Å². The van der Waals surface area contributed by atoms with Crippen molar-refractivity contribution < 1.29 is 0 Å². The van der Waals surface area contributed by atoms with E-state index >= 15 is 0 Å². The number of hydrogen-bond donors (Lipinski definition) is 1. The van der Waals surface area contributed by atoms with E-state index in [1.54, 1.807) is 0 Å². The van der Waals surface area contributed by atoms with E-state index in [1.165, 1.54) is 19.3 Å². The molecule has 2 N–H and O–H groups in total. The Morgan fingerprint density at radius 1 is 1.24 bits per heavy atom. The highest BCUT2D eigenvalue weighted by Crippen LogP contribution is 2.33. The summed E-state index contributed by atoms with van der Waals surface area (Å²) in [6.07, 6.45) is 3.74. The second kappa shape index (κ2) is 4.24. The molecule has 0 saturated carbocycles. The van der Waals surface area contributed by atoms with Gasteiger partial charge in [-0.25, -0.2) is 0 Å². The van der Waals surface area contributed by atoms with Crippen LogP contribution in [0, 0.1) is 12.3 Å². The standard InChI is InChI=1S/C13H24N4/c1-10-11(14)12(16(4)15-10)17-8-5-6-13(2,3)7-9-17/h5-9,14H2,1-4H3. The number of aromatic nitrogens is 2. The van der Waals surface area contributed by atoms with E-state index in [2.05, 4.69) is 23.8 Å². The highest BCUT2D eigenvalue weighted by atomic mass is 15.4. The molecule has 4 heteroatoms. The van der Waals surface area contributed by atoms with Crippen molar-refractivity contribution >= 4 is 11.5 Å². The van der Waals surface area contributed by atoms with Crippen LogP contribution < -0.4 is 10.6 Å². The average molecular weight is 236 g/mol. The molecular formula is C13H24N4. The van der Waals surface area contributed by atoms with Crippen molar-refractivity contribution in [2.75, 3.05) is 23.7 Å². The first-order chi connectivity index (χ1) is 7.91. The fourth-order valence-electron chi connectivity index (χ4n) is 2.67. The van der Waals surface area contributed by atoms with E-state index in [9.17, 15) is 0 Å². The van der Waals surface area contributed by atoms with Gasteiger partial charge in [-0.3, -0.25) is 4.68 Å². The molecule has 1 aromatic rings. The third-order valence-electron chi connectivity index (χ3n) is 3.88. The van der Waals surface area contributed by atoms with Crippen molar-refractivity contribution in [3.05, 3.63) is 5.69 Å². The van der Waals surface area contributed by atoms with Crippen LogP contribution >= 0.6 is 0 Å². The molecule has 0 bridgehead atoms. The van der Waals surface area contributed by atoms with Crippen LogP contribution in [0.1, 0.15) is 38.8 Å². The van der Waals surface area contributed by atoms with Gasteiger partial charge in [0.15, 0.2) is 0 Å². The quantitative estimate of drug-likeness (QED) is 0.814. The zero-order valence-corrected chi connectivity index (χ0v) is 11.5. The Balaban J connectivity index is 2.23. The number of anilines is 2. The number of nitrogens with two attached hydrogens (primary N) is 1. The number of rotatable bonds is 1. The zero-order chi connectivity index (χ0) is 12.6. The van der Waals surface area contributed by atoms with Crippen LogP contribution in [0.5, 0.6) is 0 Å². The Morgan fingerprint density at radius 2 is 1.94 bits per heavy atom. The fourth-order valence-corrected chi connectivity index (χ4v) is 2.67. The Labute approximate surface area is 104 Å². The average Bonchev–Trinajstić information content (AvgIpc) is 2.40. The van der Waals surface area contributed by atoms with Gasteiger partial charge in [0, 0.05) is 20.1 Å². The Bertz CT molecular complexity index is 406. The van der Waals surface area contributed by atoms with Crippen molar-refractivity contribution in [1.82, 2.24) is 9.78 Å². The van der Waals surface area contributed by atoms with E-state index in [4.69, 9.17) is 5.73 Å². The molecule has 2 rings (SSSR count). The molecule has 1 aliphatic rings. The maximum Gasteiger partial charge on any atom is 0.150 e. The highest BCUT2D eigenvalue weighted by molar-refractivity contribution is 5.66. The molecule has 0 aromatic carbocycles. The summed E-state index contributed by atoms with van der Waals surface area (Å²) in [4.78, 5) is 2.39. The Hall–Kier alpha value is -1.19. The number of nitrogens with zero attached hydrogens (tertiary/aromatic N) is 3. The smallest absolute Gasteiger partial charge is 0.150 e. The fraction of sp³-hybridized carbons (Fsp3) is 0.769. The second-order valence-corrected chi connectivity index (χ2v) is 5.95. The molecular weight excluding hydrogens is 212 g/mol. The van der Waals surface area contributed by atoms with Gasteiger partial charge in [0.05, 0.1) is 11.4 Å². The van der Waals surface area contributed by atoms with Gasteiger partial charge in [-0.1, -0.05) is 13.8 Å². The molecule has 1 fully saturated rings. The van der Waals surface area contributed by atoms with Gasteiger partial charge in [-0.05, 0) is 31.6 Å². The van der Waals surface area contributed by atoms with E-state index in [1.807, 2.05) is 18.7 Å². The predicted octanol–water partition coefficient (Wildman–Crippen LogP) is 2.33. The zero-order valence-electron chi connectivity index (χ0n) is 11.5. The van der Waals surface area contributed by atoms with E-state index in [0.717, 1.165) is 30.3 Å². The minimum absolute atomic E-state index is 0.456. The molecule has 0 spiro atoms. The van der Waals surface area contributed by atoms with E-state index < -0.39 is 0 Å². The summed E-state index contributed by atoms with van der Waals surface area (Å²) in [6, 6.07) is 0. The van der Waals surface area contributed by atoms with Gasteiger partial charge in [-0.2, -0.15) is 5.10 Å². The van der Waals surface area contributed by atoms with Gasteiger partial charge in [0.25, 0.3) is 0 Å². The SMILES string of the molecule is Cc1nn(C)c(N2CCCC(C)(C)CC2)c1N. The van der Waals surface area contributed by atoms with Crippen molar-refractivity contribution in [3.8, 4) is 0 Å². The highest BCUT2D eigenvalue weighted by Gasteiger charge is 2.25. The number of hydrogen-bond acceptors (Lipinski definition) is 3. The van der Waals surface area contributed by atoms with Gasteiger partial charge >= 0.3 is 0 Å². The van der Waals surface area contributed by atoms with Crippen molar-refractivity contribution in [2.24, 2.45) is 12.5 Å². The lowest BCUT2D eigenvalue weighted by atomic mass is 9.85. The van der Waals surface area contributed by atoms with Crippen molar-refractivity contribution in [1.29, 1.82) is 0 Å². The first-order valence-electron chi connectivity index (χ1n) is 6.45. The summed E-state index contributed by atoms with van der Waals surface area (Å²) >= 11 is 0. The first-order valence-corrected chi connectivity index (χ1v) is 6.45. The van der Waals surface area contributed by atoms with Crippen LogP contribution in [0.15, 0.2) is 0 Å². The van der Waals surface area contributed by atoms with Gasteiger partial charge in [0.2, 0.25) is 0 Å². The van der Waals surface area contributed by atoms with Crippen molar-refractivity contribution in [3.63, 3.8) is 0 Å². The molecule has 17 heavy (non-hydrogen) atoms.